The van der Waals surface area contributed by atoms with Gasteiger partial charge in [-0.2, -0.15) is 0 Å². The van der Waals surface area contributed by atoms with Gasteiger partial charge in [-0.25, -0.2) is 0 Å². The molecule has 5 nitrogen and oxygen atoms in total. The zero-order valence-electron chi connectivity index (χ0n) is 34.8. The number of aliphatic hydroxyl groups is 1. The summed E-state index contributed by atoms with van der Waals surface area (Å²) >= 11 is 0. The van der Waals surface area contributed by atoms with Crippen LogP contribution in [0.1, 0.15) is 258 Å². The lowest BCUT2D eigenvalue weighted by Crippen LogP contribution is -2.28. The van der Waals surface area contributed by atoms with Gasteiger partial charge in [-0.05, 0) is 18.8 Å². The summed E-state index contributed by atoms with van der Waals surface area (Å²) in [6.45, 7) is 6.58. The summed E-state index contributed by atoms with van der Waals surface area (Å²) in [6.07, 6.45) is 46.0. The molecule has 0 aromatic carbocycles. The van der Waals surface area contributed by atoms with Crippen LogP contribution in [0.5, 0.6) is 0 Å². The minimum absolute atomic E-state index is 0.0569. The average Bonchev–Trinajstić information content (AvgIpc) is 3.13. The first-order valence-corrected chi connectivity index (χ1v) is 23.0. The molecule has 2 atom stereocenters. The Bertz CT molecular complexity index is 710. The van der Waals surface area contributed by atoms with E-state index in [9.17, 15) is 14.7 Å². The van der Waals surface area contributed by atoms with Crippen LogP contribution in [0.25, 0.3) is 0 Å². The topological polar surface area (TPSA) is 72.8 Å². The third-order valence-corrected chi connectivity index (χ3v) is 10.9. The Labute approximate surface area is 319 Å². The summed E-state index contributed by atoms with van der Waals surface area (Å²) in [5, 5.41) is 9.59. The van der Waals surface area contributed by atoms with Crippen LogP contribution in [-0.2, 0) is 19.1 Å². The standard InChI is InChI=1S/C46H90O5/c1-4-6-7-8-9-10-11-12-17-21-24-27-30-33-36-39-45(48)50-42-44(41-47)51-46(49)40-37-34-31-28-25-22-19-16-14-13-15-18-20-23-26-29-32-35-38-43(3)5-2/h43-44,47H,4-42H2,1-3H3/t43?,44-/m0/s1. The van der Waals surface area contributed by atoms with E-state index in [0.717, 1.165) is 38.0 Å². The lowest BCUT2D eigenvalue weighted by atomic mass is 9.99. The maximum atomic E-state index is 12.2. The van der Waals surface area contributed by atoms with Gasteiger partial charge < -0.3 is 14.6 Å². The zero-order valence-corrected chi connectivity index (χ0v) is 34.8. The smallest absolute Gasteiger partial charge is 0.306 e. The number of hydrogen-bond acceptors (Lipinski definition) is 5. The molecule has 0 spiro atoms. The first-order valence-electron chi connectivity index (χ1n) is 23.0. The van der Waals surface area contributed by atoms with Gasteiger partial charge in [0.1, 0.15) is 6.61 Å². The molecular weight excluding hydrogens is 633 g/mol. The van der Waals surface area contributed by atoms with E-state index < -0.39 is 6.10 Å². The van der Waals surface area contributed by atoms with Crippen molar-refractivity contribution < 1.29 is 24.2 Å². The summed E-state index contributed by atoms with van der Waals surface area (Å²) in [5.41, 5.74) is 0. The number of unbranched alkanes of at least 4 members (excludes halogenated alkanes) is 31. The summed E-state index contributed by atoms with van der Waals surface area (Å²) < 4.78 is 10.7. The van der Waals surface area contributed by atoms with E-state index in [4.69, 9.17) is 9.47 Å². The van der Waals surface area contributed by atoms with E-state index in [1.165, 1.54) is 193 Å². The Morgan fingerprint density at radius 1 is 0.451 bits per heavy atom. The molecule has 0 aliphatic heterocycles. The summed E-state index contributed by atoms with van der Waals surface area (Å²) in [6, 6.07) is 0. The summed E-state index contributed by atoms with van der Waals surface area (Å²) in [5.74, 6) is 0.344. The molecule has 304 valence electrons. The quantitative estimate of drug-likeness (QED) is 0.0501. The number of carbonyl (C=O) groups is 2. The number of carbonyl (C=O) groups excluding carboxylic acids is 2. The SMILES string of the molecule is CCCCCCCCCCCCCCCCCC(=O)OC[C@H](CO)OC(=O)CCCCCCCCCCCCCCCCCCCCC(C)CC. The molecule has 1 unspecified atom stereocenters. The lowest BCUT2D eigenvalue weighted by molar-refractivity contribution is -0.161. The molecule has 0 heterocycles. The van der Waals surface area contributed by atoms with Crippen molar-refractivity contribution in [2.45, 2.75) is 264 Å². The lowest BCUT2D eigenvalue weighted by Gasteiger charge is -2.15. The Morgan fingerprint density at radius 3 is 1.10 bits per heavy atom. The highest BCUT2D eigenvalue weighted by Crippen LogP contribution is 2.17. The molecule has 0 fully saturated rings. The predicted octanol–water partition coefficient (Wildman–Crippen LogP) is 14.5. The predicted molar refractivity (Wildman–Crippen MR) is 219 cm³/mol. The third-order valence-electron chi connectivity index (χ3n) is 10.9. The third kappa shape index (κ3) is 39.9. The monoisotopic (exact) mass is 723 g/mol. The highest BCUT2D eigenvalue weighted by molar-refractivity contribution is 5.70. The van der Waals surface area contributed by atoms with Crippen LogP contribution in [0, 0.1) is 5.92 Å². The largest absolute Gasteiger partial charge is 0.462 e. The van der Waals surface area contributed by atoms with Crippen molar-refractivity contribution in [3.63, 3.8) is 0 Å². The van der Waals surface area contributed by atoms with Gasteiger partial charge in [0.15, 0.2) is 6.10 Å². The minimum atomic E-state index is -0.762. The molecule has 0 rings (SSSR count). The van der Waals surface area contributed by atoms with Crippen LogP contribution >= 0.6 is 0 Å². The van der Waals surface area contributed by atoms with Crippen LogP contribution in [0.15, 0.2) is 0 Å². The van der Waals surface area contributed by atoms with E-state index in [-0.39, 0.29) is 25.2 Å². The molecular formula is C46H90O5. The van der Waals surface area contributed by atoms with Gasteiger partial charge in [-0.15, -0.1) is 0 Å². The second kappa shape index (κ2) is 41.7. The Morgan fingerprint density at radius 2 is 0.765 bits per heavy atom. The van der Waals surface area contributed by atoms with E-state index in [1.807, 2.05) is 0 Å². The summed E-state index contributed by atoms with van der Waals surface area (Å²) in [7, 11) is 0. The fourth-order valence-corrected chi connectivity index (χ4v) is 7.06. The molecule has 0 radical (unpaired) electrons. The van der Waals surface area contributed by atoms with Crippen LogP contribution in [-0.4, -0.2) is 36.4 Å². The molecule has 0 amide bonds. The van der Waals surface area contributed by atoms with Gasteiger partial charge in [0, 0.05) is 12.8 Å². The second-order valence-electron chi connectivity index (χ2n) is 16.1. The molecule has 1 N–H and O–H groups in total. The van der Waals surface area contributed by atoms with Gasteiger partial charge in [0.2, 0.25) is 0 Å². The van der Waals surface area contributed by atoms with Crippen molar-refractivity contribution in [3.05, 3.63) is 0 Å². The van der Waals surface area contributed by atoms with Crippen molar-refractivity contribution >= 4 is 11.9 Å². The normalized spacial score (nSPS) is 12.6. The van der Waals surface area contributed by atoms with E-state index in [2.05, 4.69) is 20.8 Å². The molecule has 0 saturated heterocycles. The highest BCUT2D eigenvalue weighted by Gasteiger charge is 2.16. The molecule has 0 aliphatic carbocycles. The molecule has 5 heteroatoms. The highest BCUT2D eigenvalue weighted by atomic mass is 16.6. The first kappa shape index (κ1) is 49.9. The number of rotatable bonds is 42. The molecule has 51 heavy (non-hydrogen) atoms. The van der Waals surface area contributed by atoms with Crippen molar-refractivity contribution in [2.75, 3.05) is 13.2 Å². The van der Waals surface area contributed by atoms with Crippen molar-refractivity contribution in [1.82, 2.24) is 0 Å². The Hall–Kier alpha value is -1.10. The van der Waals surface area contributed by atoms with Crippen molar-refractivity contribution in [3.8, 4) is 0 Å². The Balaban J connectivity index is 3.45. The molecule has 0 aromatic heterocycles. The molecule has 0 aliphatic rings. The zero-order chi connectivity index (χ0) is 37.3. The van der Waals surface area contributed by atoms with Crippen molar-refractivity contribution in [2.24, 2.45) is 5.92 Å². The maximum absolute atomic E-state index is 12.2. The van der Waals surface area contributed by atoms with Gasteiger partial charge in [0.05, 0.1) is 6.61 Å². The number of aliphatic hydroxyl groups excluding tert-OH is 1. The van der Waals surface area contributed by atoms with Gasteiger partial charge >= 0.3 is 11.9 Å². The van der Waals surface area contributed by atoms with Gasteiger partial charge in [-0.1, -0.05) is 233 Å². The maximum Gasteiger partial charge on any atom is 0.306 e. The first-order chi connectivity index (χ1) is 25.0. The van der Waals surface area contributed by atoms with Crippen LogP contribution < -0.4 is 0 Å². The second-order valence-corrected chi connectivity index (χ2v) is 16.1. The summed E-state index contributed by atoms with van der Waals surface area (Å²) in [4.78, 5) is 24.3. The number of esters is 2. The van der Waals surface area contributed by atoms with E-state index in [1.54, 1.807) is 0 Å². The molecule has 0 aromatic rings. The Kier molecular flexibility index (Phi) is 40.8. The fourth-order valence-electron chi connectivity index (χ4n) is 7.06. The van der Waals surface area contributed by atoms with E-state index >= 15 is 0 Å². The molecule has 0 saturated carbocycles. The number of ether oxygens (including phenoxy) is 2. The van der Waals surface area contributed by atoms with Crippen molar-refractivity contribution in [1.29, 1.82) is 0 Å². The minimum Gasteiger partial charge on any atom is -0.462 e. The van der Waals surface area contributed by atoms with Crippen LogP contribution in [0.4, 0.5) is 0 Å². The van der Waals surface area contributed by atoms with Crippen LogP contribution in [0.3, 0.4) is 0 Å². The number of hydrogen-bond donors (Lipinski definition) is 1. The van der Waals surface area contributed by atoms with Crippen LogP contribution in [0.2, 0.25) is 0 Å². The van der Waals surface area contributed by atoms with E-state index in [0.29, 0.717) is 12.8 Å². The molecule has 0 bridgehead atoms. The average molecular weight is 723 g/mol. The van der Waals surface area contributed by atoms with Gasteiger partial charge in [0.25, 0.3) is 0 Å². The van der Waals surface area contributed by atoms with Gasteiger partial charge in [-0.3, -0.25) is 9.59 Å². The fraction of sp³-hybridized carbons (Fsp3) is 0.957.